The summed E-state index contributed by atoms with van der Waals surface area (Å²) in [6.07, 6.45) is 11.0. The highest BCUT2D eigenvalue weighted by Crippen LogP contribution is 2.25. The Morgan fingerprint density at radius 1 is 1.27 bits per heavy atom. The largest absolute Gasteiger partial charge is 0.365 e. The number of anilines is 1. The molecule has 0 aliphatic rings. The number of hydrogen-bond donors (Lipinski definition) is 1. The number of unbranched alkanes of at least 4 members (excludes halogenated alkanes) is 1. The van der Waals surface area contributed by atoms with E-state index < -0.39 is 0 Å². The molecule has 0 fully saturated rings. The van der Waals surface area contributed by atoms with E-state index in [1.807, 2.05) is 13.1 Å². The molecule has 0 saturated carbocycles. The van der Waals surface area contributed by atoms with Gasteiger partial charge in [0.1, 0.15) is 0 Å². The van der Waals surface area contributed by atoms with Crippen molar-refractivity contribution in [2.75, 3.05) is 25.0 Å². The number of hydrogen-bond acceptors (Lipinski definition) is 2. The number of para-hydroxylation sites is 1. The predicted octanol–water partition coefficient (Wildman–Crippen LogP) is 4.58. The molecule has 0 spiro atoms. The number of aryl methyl sites for hydroxylation is 1. The fraction of sp³-hybridized carbons (Fsp3) is 0.500. The molecule has 2 heteroatoms. The van der Waals surface area contributed by atoms with Crippen LogP contribution in [-0.2, 0) is 6.42 Å². The van der Waals surface area contributed by atoms with Crippen LogP contribution in [0.4, 0.5) is 5.69 Å². The van der Waals surface area contributed by atoms with Crippen LogP contribution < -0.4 is 10.2 Å². The molecular weight excluding hydrogens is 268 g/mol. The quantitative estimate of drug-likeness (QED) is 0.475. The Labute approximate surface area is 136 Å². The van der Waals surface area contributed by atoms with E-state index in [4.69, 9.17) is 0 Å². The van der Waals surface area contributed by atoms with Gasteiger partial charge in [0.2, 0.25) is 0 Å². The van der Waals surface area contributed by atoms with E-state index in [1.54, 1.807) is 0 Å². The van der Waals surface area contributed by atoms with Crippen LogP contribution in [0.5, 0.6) is 0 Å². The predicted molar refractivity (Wildman–Crippen MR) is 99.7 cm³/mol. The summed E-state index contributed by atoms with van der Waals surface area (Å²) >= 11 is 0. The average Bonchev–Trinajstić information content (AvgIpc) is 2.53. The second-order valence-electron chi connectivity index (χ2n) is 5.73. The fourth-order valence-corrected chi connectivity index (χ4v) is 2.79. The van der Waals surface area contributed by atoms with Crippen molar-refractivity contribution in [3.8, 4) is 0 Å². The SMILES string of the molecule is C=CCCCc1ccccc1N(CCCNC)C(C)/C=C\C. The topological polar surface area (TPSA) is 15.3 Å². The van der Waals surface area contributed by atoms with Crippen LogP contribution in [0.2, 0.25) is 0 Å². The molecule has 0 aliphatic heterocycles. The lowest BCUT2D eigenvalue weighted by Gasteiger charge is -2.31. The maximum atomic E-state index is 3.83. The van der Waals surface area contributed by atoms with Crippen LogP contribution in [0.25, 0.3) is 0 Å². The van der Waals surface area contributed by atoms with Gasteiger partial charge < -0.3 is 10.2 Å². The molecule has 1 N–H and O–H groups in total. The molecule has 122 valence electrons. The van der Waals surface area contributed by atoms with E-state index in [2.05, 4.69) is 67.1 Å². The number of rotatable bonds is 11. The van der Waals surface area contributed by atoms with Gasteiger partial charge in [-0.3, -0.25) is 0 Å². The van der Waals surface area contributed by atoms with Crippen LogP contribution in [0, 0.1) is 0 Å². The van der Waals surface area contributed by atoms with Gasteiger partial charge in [-0.05, 0) is 64.8 Å². The second-order valence-corrected chi connectivity index (χ2v) is 5.73. The highest BCUT2D eigenvalue weighted by molar-refractivity contribution is 5.55. The summed E-state index contributed by atoms with van der Waals surface area (Å²) in [6, 6.07) is 9.26. The first-order chi connectivity index (χ1) is 10.7. The van der Waals surface area contributed by atoms with E-state index >= 15 is 0 Å². The molecule has 1 unspecified atom stereocenters. The number of allylic oxidation sites excluding steroid dienone is 2. The van der Waals surface area contributed by atoms with Gasteiger partial charge in [0.25, 0.3) is 0 Å². The third-order valence-corrected chi connectivity index (χ3v) is 3.94. The van der Waals surface area contributed by atoms with Gasteiger partial charge in [0.05, 0.1) is 0 Å². The molecule has 0 aliphatic carbocycles. The van der Waals surface area contributed by atoms with Gasteiger partial charge in [-0.2, -0.15) is 0 Å². The lowest BCUT2D eigenvalue weighted by molar-refractivity contribution is 0.654. The molecule has 0 heterocycles. The molecule has 0 saturated heterocycles. The van der Waals surface area contributed by atoms with Crippen molar-refractivity contribution in [2.24, 2.45) is 0 Å². The second kappa shape index (κ2) is 11.1. The summed E-state index contributed by atoms with van der Waals surface area (Å²) in [5.41, 5.74) is 2.83. The third-order valence-electron chi connectivity index (χ3n) is 3.94. The Morgan fingerprint density at radius 3 is 2.73 bits per heavy atom. The standard InChI is InChI=1S/C20H32N2/c1-5-7-8-13-19-14-9-10-15-20(19)22(17-11-16-21-4)18(3)12-6-2/h5-6,9-10,12,14-15,18,21H,1,7-8,11,13,16-17H2,2-4H3/b12-6-. The number of nitrogens with zero attached hydrogens (tertiary/aromatic N) is 1. The van der Waals surface area contributed by atoms with Gasteiger partial charge in [-0.25, -0.2) is 0 Å². The summed E-state index contributed by atoms with van der Waals surface area (Å²) in [7, 11) is 2.02. The molecule has 0 radical (unpaired) electrons. The molecule has 2 nitrogen and oxygen atoms in total. The van der Waals surface area contributed by atoms with Crippen molar-refractivity contribution in [3.05, 3.63) is 54.6 Å². The maximum Gasteiger partial charge on any atom is 0.0444 e. The van der Waals surface area contributed by atoms with Crippen LogP contribution in [-0.4, -0.2) is 26.2 Å². The monoisotopic (exact) mass is 300 g/mol. The molecular formula is C20H32N2. The number of nitrogens with one attached hydrogen (secondary N) is 1. The molecule has 0 amide bonds. The summed E-state index contributed by atoms with van der Waals surface area (Å²) in [6.45, 7) is 10.3. The maximum absolute atomic E-state index is 3.83. The van der Waals surface area contributed by atoms with Crippen molar-refractivity contribution in [1.82, 2.24) is 5.32 Å². The zero-order chi connectivity index (χ0) is 16.2. The Morgan fingerprint density at radius 2 is 2.05 bits per heavy atom. The smallest absolute Gasteiger partial charge is 0.0444 e. The first kappa shape index (κ1) is 18.5. The molecule has 0 aromatic heterocycles. The minimum absolute atomic E-state index is 0.419. The molecule has 0 bridgehead atoms. The zero-order valence-corrected chi connectivity index (χ0v) is 14.5. The van der Waals surface area contributed by atoms with Gasteiger partial charge in [-0.15, -0.1) is 6.58 Å². The highest BCUT2D eigenvalue weighted by atomic mass is 15.2. The van der Waals surface area contributed by atoms with Crippen molar-refractivity contribution in [2.45, 2.75) is 45.6 Å². The summed E-state index contributed by atoms with van der Waals surface area (Å²) in [4.78, 5) is 2.53. The molecule has 22 heavy (non-hydrogen) atoms. The van der Waals surface area contributed by atoms with Crippen LogP contribution in [0.3, 0.4) is 0 Å². The molecule has 1 aromatic carbocycles. The summed E-state index contributed by atoms with van der Waals surface area (Å²) in [5, 5.41) is 3.25. The molecule has 1 aromatic rings. The van der Waals surface area contributed by atoms with Crippen molar-refractivity contribution < 1.29 is 0 Å². The third kappa shape index (κ3) is 6.07. The first-order valence-corrected chi connectivity index (χ1v) is 8.47. The average molecular weight is 300 g/mol. The Balaban J connectivity index is 2.93. The Kier molecular flexibility index (Phi) is 9.33. The zero-order valence-electron chi connectivity index (χ0n) is 14.5. The highest BCUT2D eigenvalue weighted by Gasteiger charge is 2.14. The minimum Gasteiger partial charge on any atom is -0.365 e. The molecule has 1 atom stereocenters. The minimum atomic E-state index is 0.419. The first-order valence-electron chi connectivity index (χ1n) is 8.47. The normalized spacial score (nSPS) is 12.5. The van der Waals surface area contributed by atoms with Crippen LogP contribution in [0.15, 0.2) is 49.1 Å². The van der Waals surface area contributed by atoms with Crippen LogP contribution >= 0.6 is 0 Å². The Hall–Kier alpha value is -1.54. The van der Waals surface area contributed by atoms with E-state index in [9.17, 15) is 0 Å². The summed E-state index contributed by atoms with van der Waals surface area (Å²) < 4.78 is 0. The summed E-state index contributed by atoms with van der Waals surface area (Å²) in [5.74, 6) is 0. The van der Waals surface area contributed by atoms with Crippen molar-refractivity contribution >= 4 is 5.69 Å². The van der Waals surface area contributed by atoms with Gasteiger partial charge in [0.15, 0.2) is 0 Å². The van der Waals surface area contributed by atoms with Crippen LogP contribution in [0.1, 0.15) is 38.7 Å². The van der Waals surface area contributed by atoms with Gasteiger partial charge >= 0.3 is 0 Å². The van der Waals surface area contributed by atoms with Gasteiger partial charge in [-0.1, -0.05) is 36.4 Å². The van der Waals surface area contributed by atoms with Gasteiger partial charge in [0, 0.05) is 18.3 Å². The lowest BCUT2D eigenvalue weighted by atomic mass is 10.0. The van der Waals surface area contributed by atoms with E-state index in [1.165, 1.54) is 17.7 Å². The van der Waals surface area contributed by atoms with E-state index in [0.29, 0.717) is 6.04 Å². The fourth-order valence-electron chi connectivity index (χ4n) is 2.79. The number of benzene rings is 1. The lowest BCUT2D eigenvalue weighted by Crippen LogP contribution is -2.34. The van der Waals surface area contributed by atoms with E-state index in [0.717, 1.165) is 32.4 Å². The Bertz CT molecular complexity index is 451. The van der Waals surface area contributed by atoms with Crippen molar-refractivity contribution in [3.63, 3.8) is 0 Å². The van der Waals surface area contributed by atoms with E-state index in [-0.39, 0.29) is 0 Å². The molecule has 1 rings (SSSR count). The van der Waals surface area contributed by atoms with Crippen molar-refractivity contribution in [1.29, 1.82) is 0 Å².